The van der Waals surface area contributed by atoms with Crippen LogP contribution >= 0.6 is 15.9 Å². The fourth-order valence-corrected chi connectivity index (χ4v) is 2.48. The Hall–Kier alpha value is -2.09. The molecule has 0 N–H and O–H groups in total. The molecule has 0 atom stereocenters. The predicted molar refractivity (Wildman–Crippen MR) is 77.5 cm³/mol. The number of anilines is 1. The molecule has 2 rings (SSSR count). The minimum Gasteiger partial charge on any atom is -0.274 e. The molecule has 0 saturated heterocycles. The van der Waals surface area contributed by atoms with Gasteiger partial charge >= 0.3 is 0 Å². The van der Waals surface area contributed by atoms with Crippen LogP contribution in [0.25, 0.3) is 10.9 Å². The summed E-state index contributed by atoms with van der Waals surface area (Å²) in [6.45, 7) is 3.58. The average Bonchev–Trinajstić information content (AvgIpc) is 2.67. The summed E-state index contributed by atoms with van der Waals surface area (Å²) in [5, 5.41) is 3.87. The Kier molecular flexibility index (Phi) is 3.91. The van der Waals surface area contributed by atoms with Crippen molar-refractivity contribution in [3.8, 4) is 0 Å². The summed E-state index contributed by atoms with van der Waals surface area (Å²) >= 11 is 3.13. The van der Waals surface area contributed by atoms with E-state index in [1.54, 1.807) is 0 Å². The molecule has 1 aromatic carbocycles. The van der Waals surface area contributed by atoms with E-state index in [9.17, 15) is 18.8 Å². The van der Waals surface area contributed by atoms with E-state index >= 15 is 0 Å². The zero-order valence-corrected chi connectivity index (χ0v) is 13.1. The quantitative estimate of drug-likeness (QED) is 0.787. The largest absolute Gasteiger partial charge is 0.274 e. The second-order valence-corrected chi connectivity index (χ2v) is 5.33. The number of carbonyl (C=O) groups is 3. The van der Waals surface area contributed by atoms with Gasteiger partial charge in [0.05, 0.1) is 10.9 Å². The number of hydrogen-bond acceptors (Lipinski definition) is 4. The minimum atomic E-state index is -0.686. The van der Waals surface area contributed by atoms with Crippen molar-refractivity contribution in [2.75, 3.05) is 4.90 Å². The van der Waals surface area contributed by atoms with E-state index in [1.807, 2.05) is 0 Å². The number of imide groups is 1. The van der Waals surface area contributed by atoms with Crippen LogP contribution in [0.3, 0.4) is 0 Å². The molecule has 0 fully saturated rings. The second-order valence-electron chi connectivity index (χ2n) is 4.41. The molecule has 0 bridgehead atoms. The van der Waals surface area contributed by atoms with E-state index in [-0.39, 0.29) is 16.7 Å². The van der Waals surface area contributed by atoms with Crippen molar-refractivity contribution in [3.05, 3.63) is 22.4 Å². The van der Waals surface area contributed by atoms with Crippen LogP contribution in [-0.4, -0.2) is 27.5 Å². The van der Waals surface area contributed by atoms with Gasteiger partial charge in [-0.1, -0.05) is 15.9 Å². The third kappa shape index (κ3) is 2.58. The molecule has 0 spiro atoms. The number of aromatic nitrogens is 2. The van der Waals surface area contributed by atoms with Crippen LogP contribution in [0, 0.1) is 5.82 Å². The monoisotopic (exact) mass is 355 g/mol. The van der Waals surface area contributed by atoms with Gasteiger partial charge < -0.3 is 0 Å². The molecular formula is C13H11BrFN3O3. The van der Waals surface area contributed by atoms with E-state index in [1.165, 1.54) is 19.1 Å². The molecule has 1 aromatic heterocycles. The first-order chi connectivity index (χ1) is 9.73. The third-order valence-electron chi connectivity index (χ3n) is 2.82. The Morgan fingerprint density at radius 2 is 1.76 bits per heavy atom. The van der Waals surface area contributed by atoms with Gasteiger partial charge in [0.25, 0.3) is 0 Å². The highest BCUT2D eigenvalue weighted by Crippen LogP contribution is 2.31. The number of rotatable bonds is 1. The second kappa shape index (κ2) is 5.36. The summed E-state index contributed by atoms with van der Waals surface area (Å²) in [5.74, 6) is -2.56. The number of nitrogens with zero attached hydrogens (tertiary/aromatic N) is 3. The molecule has 0 aliphatic rings. The first-order valence-corrected chi connectivity index (χ1v) is 6.73. The van der Waals surface area contributed by atoms with Crippen molar-refractivity contribution in [2.24, 2.45) is 0 Å². The number of benzene rings is 1. The maximum absolute atomic E-state index is 14.2. The summed E-state index contributed by atoms with van der Waals surface area (Å²) < 4.78 is 15.6. The molecule has 0 radical (unpaired) electrons. The average molecular weight is 356 g/mol. The van der Waals surface area contributed by atoms with Gasteiger partial charge in [-0.15, -0.1) is 5.10 Å². The van der Waals surface area contributed by atoms with Crippen LogP contribution in [0.1, 0.15) is 25.6 Å². The minimum absolute atomic E-state index is 0.0567. The lowest BCUT2D eigenvalue weighted by molar-refractivity contribution is -0.124. The standard InChI is InChI=1S/C13H11BrFN3O3/c1-6(19)17(7(2)20)13-12-10(15)4-9(14)5-11(12)18(16-13)8(3)21/h4-5H,1-3H3. The summed E-state index contributed by atoms with van der Waals surface area (Å²) in [6.07, 6.45) is 0. The SMILES string of the molecule is CC(=O)N(C(C)=O)c1nn(C(C)=O)c2cc(Br)cc(F)c12. The van der Waals surface area contributed by atoms with Gasteiger partial charge in [0.2, 0.25) is 17.7 Å². The summed E-state index contributed by atoms with van der Waals surface area (Å²) in [7, 11) is 0. The van der Waals surface area contributed by atoms with Gasteiger partial charge in [0.1, 0.15) is 5.82 Å². The van der Waals surface area contributed by atoms with Crippen molar-refractivity contribution in [1.82, 2.24) is 9.78 Å². The van der Waals surface area contributed by atoms with Crippen LogP contribution in [0.4, 0.5) is 10.2 Å². The van der Waals surface area contributed by atoms with Gasteiger partial charge in [-0.3, -0.25) is 14.4 Å². The van der Waals surface area contributed by atoms with E-state index in [4.69, 9.17) is 0 Å². The zero-order chi connectivity index (χ0) is 15.9. The Bertz CT molecular complexity index is 771. The normalized spacial score (nSPS) is 10.7. The van der Waals surface area contributed by atoms with Crippen molar-refractivity contribution >= 4 is 50.4 Å². The summed E-state index contributed by atoms with van der Waals surface area (Å²) in [4.78, 5) is 35.6. The first kappa shape index (κ1) is 15.3. The summed E-state index contributed by atoms with van der Waals surface area (Å²) in [5.41, 5.74) is 0.178. The van der Waals surface area contributed by atoms with Crippen LogP contribution in [0.15, 0.2) is 16.6 Å². The Morgan fingerprint density at radius 1 is 1.19 bits per heavy atom. The molecule has 0 saturated carbocycles. The predicted octanol–water partition coefficient (Wildman–Crippen LogP) is 2.50. The fourth-order valence-electron chi connectivity index (χ4n) is 2.06. The Morgan fingerprint density at radius 3 is 2.24 bits per heavy atom. The highest BCUT2D eigenvalue weighted by Gasteiger charge is 2.26. The highest BCUT2D eigenvalue weighted by atomic mass is 79.9. The molecule has 6 nitrogen and oxygen atoms in total. The van der Waals surface area contributed by atoms with Crippen molar-refractivity contribution in [2.45, 2.75) is 20.8 Å². The molecular weight excluding hydrogens is 345 g/mol. The topological polar surface area (TPSA) is 72.3 Å². The molecule has 110 valence electrons. The number of amides is 2. The van der Waals surface area contributed by atoms with Crippen molar-refractivity contribution in [3.63, 3.8) is 0 Å². The highest BCUT2D eigenvalue weighted by molar-refractivity contribution is 9.10. The van der Waals surface area contributed by atoms with Gasteiger partial charge in [-0.05, 0) is 12.1 Å². The van der Waals surface area contributed by atoms with Crippen LogP contribution in [0.2, 0.25) is 0 Å². The van der Waals surface area contributed by atoms with Crippen LogP contribution in [0.5, 0.6) is 0 Å². The smallest absolute Gasteiger partial charge is 0.244 e. The zero-order valence-electron chi connectivity index (χ0n) is 11.5. The molecule has 2 aromatic rings. The lowest BCUT2D eigenvalue weighted by Crippen LogP contribution is -2.33. The first-order valence-electron chi connectivity index (χ1n) is 5.94. The number of carbonyl (C=O) groups excluding carboxylic acids is 3. The van der Waals surface area contributed by atoms with E-state index in [2.05, 4.69) is 21.0 Å². The van der Waals surface area contributed by atoms with E-state index < -0.39 is 23.5 Å². The molecule has 0 aliphatic heterocycles. The van der Waals surface area contributed by atoms with Gasteiger partial charge in [0.15, 0.2) is 5.82 Å². The van der Waals surface area contributed by atoms with Crippen LogP contribution < -0.4 is 4.90 Å². The molecule has 0 unspecified atom stereocenters. The van der Waals surface area contributed by atoms with Gasteiger partial charge in [0, 0.05) is 25.2 Å². The third-order valence-corrected chi connectivity index (χ3v) is 3.28. The lowest BCUT2D eigenvalue weighted by atomic mass is 10.2. The number of hydrogen-bond donors (Lipinski definition) is 0. The van der Waals surface area contributed by atoms with E-state index in [0.29, 0.717) is 4.47 Å². The van der Waals surface area contributed by atoms with Crippen molar-refractivity contribution < 1.29 is 18.8 Å². The molecule has 2 amide bonds. The van der Waals surface area contributed by atoms with Crippen LogP contribution in [-0.2, 0) is 9.59 Å². The van der Waals surface area contributed by atoms with Gasteiger partial charge in [-0.25, -0.2) is 9.29 Å². The number of halogens is 2. The van der Waals surface area contributed by atoms with Crippen molar-refractivity contribution in [1.29, 1.82) is 0 Å². The maximum atomic E-state index is 14.2. The molecule has 21 heavy (non-hydrogen) atoms. The lowest BCUT2D eigenvalue weighted by Gasteiger charge is -2.14. The maximum Gasteiger partial charge on any atom is 0.244 e. The van der Waals surface area contributed by atoms with E-state index in [0.717, 1.165) is 23.4 Å². The Balaban J connectivity index is 2.90. The molecule has 0 aliphatic carbocycles. The fraction of sp³-hybridized carbons (Fsp3) is 0.231. The number of fused-ring (bicyclic) bond motifs is 1. The van der Waals surface area contributed by atoms with Gasteiger partial charge in [-0.2, -0.15) is 4.68 Å². The molecule has 8 heteroatoms. The molecule has 1 heterocycles. The Labute approximate surface area is 127 Å². The summed E-state index contributed by atoms with van der Waals surface area (Å²) in [6, 6.07) is 2.67.